The Kier molecular flexibility index (Phi) is 2.14. The molecule has 3 nitrogen and oxygen atoms in total. The Bertz CT molecular complexity index is 407. The van der Waals surface area contributed by atoms with E-state index < -0.39 is 6.10 Å². The van der Waals surface area contributed by atoms with Crippen molar-refractivity contribution in [2.45, 2.75) is 6.10 Å². The molecule has 0 radical (unpaired) electrons. The molecule has 0 N–H and O–H groups in total. The van der Waals surface area contributed by atoms with E-state index in [9.17, 15) is 9.59 Å². The molecule has 1 aliphatic carbocycles. The number of ketones is 1. The van der Waals surface area contributed by atoms with Crippen LogP contribution in [-0.2, 0) is 14.3 Å². The van der Waals surface area contributed by atoms with Gasteiger partial charge < -0.3 is 4.74 Å². The molecule has 1 aliphatic rings. The molecule has 1 aromatic rings. The standard InChI is InChI=1S/C11H8O3/c12-7-14-11-9-4-2-1-3-8(9)5-6-10(11)13/h1-7,11H. The maximum atomic E-state index is 11.4. The van der Waals surface area contributed by atoms with Crippen LogP contribution in [-0.4, -0.2) is 12.3 Å². The van der Waals surface area contributed by atoms with E-state index in [1.54, 1.807) is 12.1 Å². The molecule has 1 unspecified atom stereocenters. The van der Waals surface area contributed by atoms with Crippen LogP contribution in [0.4, 0.5) is 0 Å². The summed E-state index contributed by atoms with van der Waals surface area (Å²) in [5, 5.41) is 0. The fourth-order valence-electron chi connectivity index (χ4n) is 1.51. The molecule has 3 heteroatoms. The summed E-state index contributed by atoms with van der Waals surface area (Å²) in [4.78, 5) is 21.6. The summed E-state index contributed by atoms with van der Waals surface area (Å²) in [5.74, 6) is -0.198. The number of hydrogen-bond acceptors (Lipinski definition) is 3. The summed E-state index contributed by atoms with van der Waals surface area (Å²) in [7, 11) is 0. The van der Waals surface area contributed by atoms with Crippen LogP contribution in [0.1, 0.15) is 17.2 Å². The molecule has 1 aromatic carbocycles. The first-order valence-corrected chi connectivity index (χ1v) is 4.23. The average Bonchev–Trinajstić information content (AvgIpc) is 2.23. The molecular formula is C11H8O3. The Morgan fingerprint density at radius 3 is 2.79 bits per heavy atom. The van der Waals surface area contributed by atoms with Crippen molar-refractivity contribution in [3.63, 3.8) is 0 Å². The normalized spacial score (nSPS) is 18.9. The van der Waals surface area contributed by atoms with Crippen LogP contribution in [0, 0.1) is 0 Å². The van der Waals surface area contributed by atoms with Gasteiger partial charge >= 0.3 is 0 Å². The molecule has 2 rings (SSSR count). The predicted octanol–water partition coefficient (Wildman–Crippen LogP) is 1.50. The SMILES string of the molecule is O=COC1C(=O)C=Cc2ccccc21. The van der Waals surface area contributed by atoms with Gasteiger partial charge in [-0.2, -0.15) is 0 Å². The van der Waals surface area contributed by atoms with E-state index >= 15 is 0 Å². The number of benzene rings is 1. The van der Waals surface area contributed by atoms with Crippen LogP contribution >= 0.6 is 0 Å². The quantitative estimate of drug-likeness (QED) is 0.660. The van der Waals surface area contributed by atoms with E-state index in [0.717, 1.165) is 11.1 Å². The molecule has 0 bridgehead atoms. The molecule has 0 saturated heterocycles. The van der Waals surface area contributed by atoms with Gasteiger partial charge in [0, 0.05) is 5.56 Å². The average molecular weight is 188 g/mol. The van der Waals surface area contributed by atoms with Gasteiger partial charge in [0.25, 0.3) is 6.47 Å². The van der Waals surface area contributed by atoms with Gasteiger partial charge in [-0.1, -0.05) is 30.3 Å². The minimum absolute atomic E-state index is 0.198. The second-order valence-corrected chi connectivity index (χ2v) is 2.98. The first kappa shape index (κ1) is 8.69. The molecule has 14 heavy (non-hydrogen) atoms. The van der Waals surface area contributed by atoms with Crippen molar-refractivity contribution < 1.29 is 14.3 Å². The van der Waals surface area contributed by atoms with E-state index in [1.165, 1.54) is 6.08 Å². The lowest BCUT2D eigenvalue weighted by atomic mass is 9.94. The van der Waals surface area contributed by atoms with Gasteiger partial charge in [0.15, 0.2) is 6.10 Å². The van der Waals surface area contributed by atoms with Crippen molar-refractivity contribution in [3.05, 3.63) is 41.5 Å². The van der Waals surface area contributed by atoms with E-state index in [-0.39, 0.29) is 5.78 Å². The number of hydrogen-bond donors (Lipinski definition) is 0. The zero-order valence-electron chi connectivity index (χ0n) is 7.34. The topological polar surface area (TPSA) is 43.4 Å². The monoisotopic (exact) mass is 188 g/mol. The second-order valence-electron chi connectivity index (χ2n) is 2.98. The van der Waals surface area contributed by atoms with Crippen LogP contribution in [0.5, 0.6) is 0 Å². The third-order valence-electron chi connectivity index (χ3n) is 2.16. The molecule has 0 aromatic heterocycles. The number of carbonyl (C=O) groups is 2. The first-order chi connectivity index (χ1) is 6.83. The third kappa shape index (κ3) is 1.33. The van der Waals surface area contributed by atoms with Crippen molar-refractivity contribution >= 4 is 18.3 Å². The maximum Gasteiger partial charge on any atom is 0.294 e. The highest BCUT2D eigenvalue weighted by Crippen LogP contribution is 2.27. The summed E-state index contributed by atoms with van der Waals surface area (Å²) in [6.45, 7) is 0.304. The van der Waals surface area contributed by atoms with Crippen molar-refractivity contribution in [2.24, 2.45) is 0 Å². The number of carbonyl (C=O) groups excluding carboxylic acids is 2. The van der Waals surface area contributed by atoms with Gasteiger partial charge in [0.1, 0.15) is 0 Å². The molecule has 70 valence electrons. The van der Waals surface area contributed by atoms with Crippen LogP contribution in [0.2, 0.25) is 0 Å². The molecule has 0 amide bonds. The van der Waals surface area contributed by atoms with Crippen LogP contribution in [0.3, 0.4) is 0 Å². The van der Waals surface area contributed by atoms with Crippen molar-refractivity contribution in [3.8, 4) is 0 Å². The molecule has 0 saturated carbocycles. The number of fused-ring (bicyclic) bond motifs is 1. The zero-order chi connectivity index (χ0) is 9.97. The Morgan fingerprint density at radius 2 is 2.00 bits per heavy atom. The number of rotatable bonds is 2. The lowest BCUT2D eigenvalue weighted by Gasteiger charge is -2.18. The van der Waals surface area contributed by atoms with Gasteiger partial charge in [-0.3, -0.25) is 9.59 Å². The highest BCUT2D eigenvalue weighted by molar-refractivity contribution is 6.01. The third-order valence-corrected chi connectivity index (χ3v) is 2.16. The van der Waals surface area contributed by atoms with Crippen molar-refractivity contribution in [1.82, 2.24) is 0 Å². The van der Waals surface area contributed by atoms with Crippen molar-refractivity contribution in [1.29, 1.82) is 0 Å². The molecule has 0 fully saturated rings. The minimum Gasteiger partial charge on any atom is -0.451 e. The van der Waals surface area contributed by atoms with E-state index in [2.05, 4.69) is 0 Å². The highest BCUT2D eigenvalue weighted by atomic mass is 16.5. The molecule has 0 aliphatic heterocycles. The lowest BCUT2D eigenvalue weighted by Crippen LogP contribution is -2.17. The Balaban J connectivity index is 2.47. The Hall–Kier alpha value is -1.90. The van der Waals surface area contributed by atoms with Crippen LogP contribution < -0.4 is 0 Å². The van der Waals surface area contributed by atoms with Gasteiger partial charge in [0.2, 0.25) is 5.78 Å². The minimum atomic E-state index is -0.770. The lowest BCUT2D eigenvalue weighted by molar-refractivity contribution is -0.142. The number of ether oxygens (including phenoxy) is 1. The van der Waals surface area contributed by atoms with Gasteiger partial charge in [-0.15, -0.1) is 0 Å². The Morgan fingerprint density at radius 1 is 1.21 bits per heavy atom. The van der Waals surface area contributed by atoms with Crippen LogP contribution in [0.15, 0.2) is 30.3 Å². The molecule has 0 spiro atoms. The summed E-state index contributed by atoms with van der Waals surface area (Å²) in [6.07, 6.45) is 2.38. The molecule has 1 atom stereocenters. The zero-order valence-corrected chi connectivity index (χ0v) is 7.34. The largest absolute Gasteiger partial charge is 0.451 e. The summed E-state index contributed by atoms with van der Waals surface area (Å²) < 4.78 is 4.74. The molecular weight excluding hydrogens is 180 g/mol. The first-order valence-electron chi connectivity index (χ1n) is 4.23. The second kappa shape index (κ2) is 3.46. The van der Waals surface area contributed by atoms with Crippen LogP contribution in [0.25, 0.3) is 6.08 Å². The van der Waals surface area contributed by atoms with Gasteiger partial charge in [-0.05, 0) is 11.6 Å². The van der Waals surface area contributed by atoms with E-state index in [1.807, 2.05) is 18.2 Å². The highest BCUT2D eigenvalue weighted by Gasteiger charge is 2.24. The fraction of sp³-hybridized carbons (Fsp3) is 0.0909. The van der Waals surface area contributed by atoms with E-state index in [0.29, 0.717) is 6.47 Å². The fourth-order valence-corrected chi connectivity index (χ4v) is 1.51. The van der Waals surface area contributed by atoms with Crippen molar-refractivity contribution in [2.75, 3.05) is 0 Å². The molecule has 0 heterocycles. The van der Waals surface area contributed by atoms with Gasteiger partial charge in [-0.25, -0.2) is 0 Å². The Labute approximate surface area is 81.0 Å². The smallest absolute Gasteiger partial charge is 0.294 e. The van der Waals surface area contributed by atoms with Gasteiger partial charge in [0.05, 0.1) is 0 Å². The summed E-state index contributed by atoms with van der Waals surface area (Å²) in [5.41, 5.74) is 1.66. The summed E-state index contributed by atoms with van der Waals surface area (Å²) >= 11 is 0. The predicted molar refractivity (Wildman–Crippen MR) is 50.4 cm³/mol. The summed E-state index contributed by atoms with van der Waals surface area (Å²) in [6, 6.07) is 7.34. The maximum absolute atomic E-state index is 11.4. The van der Waals surface area contributed by atoms with E-state index in [4.69, 9.17) is 4.74 Å².